The molecule has 2 N–H and O–H groups in total. The van der Waals surface area contributed by atoms with Gasteiger partial charge in [0.25, 0.3) is 0 Å². The van der Waals surface area contributed by atoms with Crippen LogP contribution in [0.5, 0.6) is 0 Å². The summed E-state index contributed by atoms with van der Waals surface area (Å²) in [5.41, 5.74) is 8.43. The highest BCUT2D eigenvalue weighted by Gasteiger charge is 2.08. The molecule has 0 aliphatic carbocycles. The van der Waals surface area contributed by atoms with Gasteiger partial charge < -0.3 is 5.73 Å². The number of nitrogens with two attached hydrogens (primary N) is 1. The van der Waals surface area contributed by atoms with Gasteiger partial charge in [-0.05, 0) is 13.8 Å². The third kappa shape index (κ3) is 1.48. The third-order valence-electron chi connectivity index (χ3n) is 2.03. The van der Waals surface area contributed by atoms with Gasteiger partial charge in [0.05, 0.1) is 12.2 Å². The van der Waals surface area contributed by atoms with E-state index in [1.807, 2.05) is 13.8 Å². The minimum absolute atomic E-state index is 0.326. The molecule has 1 aromatic rings. The number of aromatic nitrogens is 2. The maximum atomic E-state index is 12.0. The molecule has 0 fully saturated rings. The van der Waals surface area contributed by atoms with Gasteiger partial charge in [-0.3, -0.25) is 4.68 Å². The van der Waals surface area contributed by atoms with Gasteiger partial charge in [0.15, 0.2) is 0 Å². The van der Waals surface area contributed by atoms with Crippen molar-refractivity contribution in [2.75, 3.05) is 6.67 Å². The van der Waals surface area contributed by atoms with Crippen molar-refractivity contribution in [3.63, 3.8) is 0 Å². The molecule has 1 rings (SSSR count). The first kappa shape index (κ1) is 9.19. The molecule has 1 heterocycles. The number of hydrogen-bond acceptors (Lipinski definition) is 2. The van der Waals surface area contributed by atoms with Crippen molar-refractivity contribution >= 4 is 0 Å². The lowest BCUT2D eigenvalue weighted by atomic mass is 10.2. The second-order valence-corrected chi connectivity index (χ2v) is 2.77. The first-order valence-corrected chi connectivity index (χ1v) is 3.99. The summed E-state index contributed by atoms with van der Waals surface area (Å²) in [6.07, 6.45) is 0. The molecule has 1 aromatic heterocycles. The van der Waals surface area contributed by atoms with Crippen LogP contribution in [0.2, 0.25) is 0 Å². The Kier molecular flexibility index (Phi) is 2.81. The van der Waals surface area contributed by atoms with Crippen LogP contribution in [-0.2, 0) is 13.1 Å². The highest BCUT2D eigenvalue weighted by Crippen LogP contribution is 2.11. The van der Waals surface area contributed by atoms with Gasteiger partial charge >= 0.3 is 0 Å². The zero-order valence-corrected chi connectivity index (χ0v) is 7.47. The van der Waals surface area contributed by atoms with E-state index in [4.69, 9.17) is 5.73 Å². The molecule has 0 radical (unpaired) electrons. The molecule has 0 aliphatic rings. The highest BCUT2D eigenvalue weighted by molar-refractivity contribution is 5.23. The van der Waals surface area contributed by atoms with E-state index in [1.165, 1.54) is 0 Å². The van der Waals surface area contributed by atoms with Gasteiger partial charge in [-0.25, -0.2) is 4.39 Å². The molecule has 0 saturated carbocycles. The van der Waals surface area contributed by atoms with Crippen molar-refractivity contribution in [2.24, 2.45) is 5.73 Å². The molecule has 68 valence electrons. The van der Waals surface area contributed by atoms with E-state index in [1.54, 1.807) is 4.68 Å². The Labute approximate surface area is 71.4 Å². The predicted octanol–water partition coefficient (Wildman–Crippen LogP) is 0.928. The minimum Gasteiger partial charge on any atom is -0.326 e. The SMILES string of the molecule is Cc1nn(CCF)c(C)c1CN. The molecule has 0 amide bonds. The smallest absolute Gasteiger partial charge is 0.109 e. The number of nitrogens with zero attached hydrogens (tertiary/aromatic N) is 2. The summed E-state index contributed by atoms with van der Waals surface area (Å²) in [6, 6.07) is 0. The van der Waals surface area contributed by atoms with Crippen molar-refractivity contribution < 1.29 is 4.39 Å². The molecule has 0 unspecified atom stereocenters. The van der Waals surface area contributed by atoms with Crippen molar-refractivity contribution in [1.29, 1.82) is 0 Å². The molecule has 12 heavy (non-hydrogen) atoms. The van der Waals surface area contributed by atoms with Gasteiger partial charge in [0, 0.05) is 17.8 Å². The van der Waals surface area contributed by atoms with Crippen LogP contribution in [0, 0.1) is 13.8 Å². The van der Waals surface area contributed by atoms with Crippen LogP contribution < -0.4 is 5.73 Å². The lowest BCUT2D eigenvalue weighted by Crippen LogP contribution is -2.05. The summed E-state index contributed by atoms with van der Waals surface area (Å²) in [4.78, 5) is 0. The molecule has 4 heteroatoms. The van der Waals surface area contributed by atoms with Gasteiger partial charge in [-0.2, -0.15) is 5.10 Å². The fourth-order valence-electron chi connectivity index (χ4n) is 1.33. The van der Waals surface area contributed by atoms with Crippen LogP contribution in [0.15, 0.2) is 0 Å². The van der Waals surface area contributed by atoms with Crippen molar-refractivity contribution in [3.8, 4) is 0 Å². The van der Waals surface area contributed by atoms with Crippen LogP contribution in [-0.4, -0.2) is 16.5 Å². The molecular formula is C8H14FN3. The summed E-state index contributed by atoms with van der Waals surface area (Å²) >= 11 is 0. The van der Waals surface area contributed by atoms with Gasteiger partial charge in [0.1, 0.15) is 6.67 Å². The summed E-state index contributed by atoms with van der Waals surface area (Å²) in [5, 5.41) is 4.17. The highest BCUT2D eigenvalue weighted by atomic mass is 19.1. The van der Waals surface area contributed by atoms with E-state index in [2.05, 4.69) is 5.10 Å². The van der Waals surface area contributed by atoms with E-state index in [9.17, 15) is 4.39 Å². The fraction of sp³-hybridized carbons (Fsp3) is 0.625. The first-order valence-electron chi connectivity index (χ1n) is 3.99. The van der Waals surface area contributed by atoms with Gasteiger partial charge in [0.2, 0.25) is 0 Å². The topological polar surface area (TPSA) is 43.8 Å². The first-order chi connectivity index (χ1) is 5.70. The molecule has 3 nitrogen and oxygen atoms in total. The summed E-state index contributed by atoms with van der Waals surface area (Å²) in [7, 11) is 0. The fourth-order valence-corrected chi connectivity index (χ4v) is 1.33. The monoisotopic (exact) mass is 171 g/mol. The normalized spacial score (nSPS) is 10.7. The molecule has 0 bridgehead atoms. The average Bonchev–Trinajstić information content (AvgIpc) is 2.29. The summed E-state index contributed by atoms with van der Waals surface area (Å²) in [6.45, 7) is 4.23. The number of aryl methyl sites for hydroxylation is 2. The van der Waals surface area contributed by atoms with Crippen LogP contribution in [0.25, 0.3) is 0 Å². The maximum Gasteiger partial charge on any atom is 0.109 e. The number of rotatable bonds is 3. The van der Waals surface area contributed by atoms with E-state index in [-0.39, 0.29) is 6.67 Å². The lowest BCUT2D eigenvalue weighted by molar-refractivity contribution is 0.422. The van der Waals surface area contributed by atoms with Crippen LogP contribution in [0.3, 0.4) is 0 Å². The number of hydrogen-bond donors (Lipinski definition) is 1. The van der Waals surface area contributed by atoms with Crippen LogP contribution >= 0.6 is 0 Å². The van der Waals surface area contributed by atoms with Gasteiger partial charge in [-0.1, -0.05) is 0 Å². The zero-order valence-electron chi connectivity index (χ0n) is 7.47. The Balaban J connectivity index is 3.00. The molecule has 0 aromatic carbocycles. The molecule has 0 aliphatic heterocycles. The standard InChI is InChI=1S/C8H14FN3/c1-6-8(5-10)7(2)12(11-6)4-3-9/h3-5,10H2,1-2H3. The Morgan fingerprint density at radius 2 is 2.17 bits per heavy atom. The Hall–Kier alpha value is -0.900. The largest absolute Gasteiger partial charge is 0.326 e. The van der Waals surface area contributed by atoms with Crippen LogP contribution in [0.1, 0.15) is 17.0 Å². The molecule has 0 saturated heterocycles. The summed E-state index contributed by atoms with van der Waals surface area (Å²) < 4.78 is 13.7. The maximum absolute atomic E-state index is 12.0. The Bertz CT molecular complexity index is 268. The number of halogens is 1. The second kappa shape index (κ2) is 3.67. The Morgan fingerprint density at radius 3 is 2.58 bits per heavy atom. The second-order valence-electron chi connectivity index (χ2n) is 2.77. The molecule has 0 atom stereocenters. The van der Waals surface area contributed by atoms with Crippen molar-refractivity contribution in [1.82, 2.24) is 9.78 Å². The Morgan fingerprint density at radius 1 is 1.50 bits per heavy atom. The van der Waals surface area contributed by atoms with E-state index in [0.717, 1.165) is 17.0 Å². The van der Waals surface area contributed by atoms with E-state index < -0.39 is 0 Å². The van der Waals surface area contributed by atoms with Crippen LogP contribution in [0.4, 0.5) is 4.39 Å². The molecular weight excluding hydrogens is 157 g/mol. The van der Waals surface area contributed by atoms with Crippen molar-refractivity contribution in [3.05, 3.63) is 17.0 Å². The predicted molar refractivity (Wildman–Crippen MR) is 45.6 cm³/mol. The lowest BCUT2D eigenvalue weighted by Gasteiger charge is -2.00. The molecule has 0 spiro atoms. The minimum atomic E-state index is -0.383. The average molecular weight is 171 g/mol. The van der Waals surface area contributed by atoms with Gasteiger partial charge in [-0.15, -0.1) is 0 Å². The van der Waals surface area contributed by atoms with E-state index in [0.29, 0.717) is 13.1 Å². The van der Waals surface area contributed by atoms with E-state index >= 15 is 0 Å². The third-order valence-corrected chi connectivity index (χ3v) is 2.03. The quantitative estimate of drug-likeness (QED) is 0.735. The number of alkyl halides is 1. The van der Waals surface area contributed by atoms with Crippen molar-refractivity contribution in [2.45, 2.75) is 26.9 Å². The summed E-state index contributed by atoms with van der Waals surface area (Å²) in [5.74, 6) is 0. The zero-order chi connectivity index (χ0) is 9.14.